The van der Waals surface area contributed by atoms with Crippen LogP contribution in [0.2, 0.25) is 0 Å². The van der Waals surface area contributed by atoms with Crippen molar-refractivity contribution in [2.75, 3.05) is 19.8 Å². The fraction of sp³-hybridized carbons (Fsp3) is 1.00. The molecule has 0 radical (unpaired) electrons. The van der Waals surface area contributed by atoms with Gasteiger partial charge in [0, 0.05) is 0 Å². The highest BCUT2D eigenvalue weighted by molar-refractivity contribution is 9.09. The van der Waals surface area contributed by atoms with Crippen LogP contribution in [-0.2, 0) is 23.7 Å². The van der Waals surface area contributed by atoms with Gasteiger partial charge in [-0.1, -0.05) is 15.9 Å². The zero-order chi connectivity index (χ0) is 25.3. The number of hydrogen-bond donors (Lipinski definition) is 10. The molecule has 0 spiro atoms. The Balaban J connectivity index is 1.72. The summed E-state index contributed by atoms with van der Waals surface area (Å²) in [6.45, 7) is -2.14. The van der Waals surface area contributed by atoms with E-state index in [0.717, 1.165) is 0 Å². The summed E-state index contributed by atoms with van der Waals surface area (Å²) in [4.78, 5) is 0. The molecule has 6 unspecified atom stereocenters. The molecule has 3 heterocycles. The summed E-state index contributed by atoms with van der Waals surface area (Å²) in [5.41, 5.74) is 0. The Morgan fingerprint density at radius 1 is 0.500 bits per heavy atom. The maximum absolute atomic E-state index is 10.6. The van der Waals surface area contributed by atoms with E-state index in [0.29, 0.717) is 0 Å². The number of aliphatic hydroxyl groups excluding tert-OH is 10. The topological polar surface area (TPSA) is 248 Å². The van der Waals surface area contributed by atoms with Gasteiger partial charge in [-0.25, -0.2) is 0 Å². The fourth-order valence-electron chi connectivity index (χ4n) is 4.03. The predicted molar refractivity (Wildman–Crippen MR) is 108 cm³/mol. The van der Waals surface area contributed by atoms with Crippen LogP contribution >= 0.6 is 15.9 Å². The molecule has 3 rings (SSSR count). The first-order chi connectivity index (χ1) is 16.0. The van der Waals surface area contributed by atoms with Crippen molar-refractivity contribution in [2.45, 2.75) is 90.8 Å². The molecule has 16 heteroatoms. The average Bonchev–Trinajstić information content (AvgIpc) is 2.83. The van der Waals surface area contributed by atoms with E-state index in [-0.39, 0.29) is 0 Å². The van der Waals surface area contributed by atoms with Gasteiger partial charge in [-0.2, -0.15) is 0 Å². The summed E-state index contributed by atoms with van der Waals surface area (Å²) >= 11 is 3.00. The molecule has 15 atom stereocenters. The number of rotatable bonds is 7. The van der Waals surface area contributed by atoms with Crippen LogP contribution in [0.1, 0.15) is 0 Å². The monoisotopic (exact) mass is 566 g/mol. The normalized spacial score (nSPS) is 52.5. The van der Waals surface area contributed by atoms with Gasteiger partial charge < -0.3 is 74.7 Å². The van der Waals surface area contributed by atoms with Crippen molar-refractivity contribution in [3.05, 3.63) is 0 Å². The molecule has 15 nitrogen and oxygen atoms in total. The van der Waals surface area contributed by atoms with Crippen molar-refractivity contribution >= 4 is 15.9 Å². The first kappa shape index (κ1) is 28.5. The lowest BCUT2D eigenvalue weighted by Crippen LogP contribution is -2.66. The van der Waals surface area contributed by atoms with Crippen molar-refractivity contribution in [3.63, 3.8) is 0 Å². The van der Waals surface area contributed by atoms with E-state index in [1.54, 1.807) is 0 Å². The van der Waals surface area contributed by atoms with Crippen molar-refractivity contribution < 1.29 is 74.7 Å². The molecule has 34 heavy (non-hydrogen) atoms. The molecular weight excluding hydrogens is 536 g/mol. The third kappa shape index (κ3) is 5.57. The van der Waals surface area contributed by atoms with Gasteiger partial charge in [0.1, 0.15) is 78.3 Å². The van der Waals surface area contributed by atoms with Gasteiger partial charge in [-0.15, -0.1) is 0 Å². The van der Waals surface area contributed by atoms with Gasteiger partial charge >= 0.3 is 0 Å². The van der Waals surface area contributed by atoms with Crippen LogP contribution in [0.15, 0.2) is 0 Å². The molecule has 0 aromatic heterocycles. The highest BCUT2D eigenvalue weighted by Gasteiger charge is 2.53. The Morgan fingerprint density at radius 2 is 0.912 bits per heavy atom. The molecule has 0 aliphatic carbocycles. The third-order valence-corrected chi connectivity index (χ3v) is 6.82. The van der Waals surface area contributed by atoms with Crippen LogP contribution in [-0.4, -0.2) is 162 Å². The molecule has 3 fully saturated rings. The Bertz CT molecular complexity index is 640. The molecule has 200 valence electrons. The Labute approximate surface area is 201 Å². The zero-order valence-corrected chi connectivity index (χ0v) is 19.3. The molecule has 3 aliphatic rings. The zero-order valence-electron chi connectivity index (χ0n) is 17.7. The lowest BCUT2D eigenvalue weighted by Gasteiger charge is -2.47. The number of hydrogen-bond acceptors (Lipinski definition) is 15. The van der Waals surface area contributed by atoms with Crippen LogP contribution in [0, 0.1) is 0 Å². The molecule has 0 saturated carbocycles. The summed E-state index contributed by atoms with van der Waals surface area (Å²) < 4.78 is 27.0. The smallest absolute Gasteiger partial charge is 0.187 e. The molecule has 0 amide bonds. The minimum absolute atomic E-state index is 0.631. The van der Waals surface area contributed by atoms with Crippen LogP contribution < -0.4 is 0 Å². The van der Waals surface area contributed by atoms with Crippen LogP contribution in [0.4, 0.5) is 0 Å². The number of ether oxygens (including phenoxy) is 5. The van der Waals surface area contributed by atoms with E-state index in [9.17, 15) is 51.1 Å². The largest absolute Gasteiger partial charge is 0.394 e. The maximum atomic E-state index is 10.6. The van der Waals surface area contributed by atoms with Crippen molar-refractivity contribution in [1.29, 1.82) is 0 Å². The molecule has 3 aliphatic heterocycles. The van der Waals surface area contributed by atoms with E-state index in [1.807, 2.05) is 0 Å². The molecular formula is C18H31BrO15. The minimum atomic E-state index is -1.86. The van der Waals surface area contributed by atoms with E-state index in [4.69, 9.17) is 23.7 Å². The number of alkyl halides is 1. The number of aliphatic hydroxyl groups is 10. The molecule has 3 saturated heterocycles. The molecule has 0 bridgehead atoms. The summed E-state index contributed by atoms with van der Waals surface area (Å²) in [5, 5.41) is 99.1. The first-order valence-corrected chi connectivity index (χ1v) is 11.5. The predicted octanol–water partition coefficient (Wildman–Crippen LogP) is -6.17. The Morgan fingerprint density at radius 3 is 1.41 bits per heavy atom. The summed E-state index contributed by atoms with van der Waals surface area (Å²) in [5.74, 6) is 0. The lowest BCUT2D eigenvalue weighted by atomic mass is 9.96. The van der Waals surface area contributed by atoms with Crippen LogP contribution in [0.5, 0.6) is 0 Å². The van der Waals surface area contributed by atoms with Gasteiger partial charge in [0.05, 0.1) is 19.8 Å². The van der Waals surface area contributed by atoms with Gasteiger partial charge in [0.15, 0.2) is 12.6 Å². The highest BCUT2D eigenvalue weighted by Crippen LogP contribution is 2.33. The highest BCUT2D eigenvalue weighted by atomic mass is 79.9. The van der Waals surface area contributed by atoms with E-state index < -0.39 is 111 Å². The molecule has 0 aromatic carbocycles. The van der Waals surface area contributed by atoms with Gasteiger partial charge in [-0.3, -0.25) is 0 Å². The molecule has 10 N–H and O–H groups in total. The van der Waals surface area contributed by atoms with Gasteiger partial charge in [-0.05, 0) is 0 Å². The van der Waals surface area contributed by atoms with Crippen molar-refractivity contribution in [2.24, 2.45) is 0 Å². The summed E-state index contributed by atoms with van der Waals surface area (Å²) in [6.07, 6.45) is -22.1. The third-order valence-electron chi connectivity index (χ3n) is 6.06. The van der Waals surface area contributed by atoms with E-state index in [2.05, 4.69) is 15.9 Å². The van der Waals surface area contributed by atoms with Crippen LogP contribution in [0.25, 0.3) is 0 Å². The second-order valence-corrected chi connectivity index (χ2v) is 9.20. The van der Waals surface area contributed by atoms with Crippen molar-refractivity contribution in [3.8, 4) is 0 Å². The second-order valence-electron chi connectivity index (χ2n) is 8.29. The summed E-state index contributed by atoms with van der Waals surface area (Å²) in [7, 11) is 0. The standard InChI is InChI=1S/C18H31BrO15/c19-16-11(27)9(25)14(5(2-21)30-16)33-18-13(29)10(26)15(6(3-22)32-18)34-17-12(28)8(24)7(23)4(1-20)31-17/h4-18,20-29H,1-3H2/t4?,5?,6?,7-,8+,9-,10-,11?,12?,13?,14-,15-,16+,17-,18-/m1/s1. The number of halogens is 1. The second kappa shape index (κ2) is 12.0. The average molecular weight is 567 g/mol. The summed E-state index contributed by atoms with van der Waals surface area (Å²) in [6, 6.07) is 0. The van der Waals surface area contributed by atoms with Gasteiger partial charge in [0.2, 0.25) is 0 Å². The lowest BCUT2D eigenvalue weighted by molar-refractivity contribution is -0.371. The van der Waals surface area contributed by atoms with Crippen molar-refractivity contribution in [1.82, 2.24) is 0 Å². The van der Waals surface area contributed by atoms with Gasteiger partial charge in [0.25, 0.3) is 0 Å². The fourth-order valence-corrected chi connectivity index (χ4v) is 4.62. The van der Waals surface area contributed by atoms with E-state index in [1.165, 1.54) is 0 Å². The SMILES string of the molecule is OCC1O[C@H](O[C@@H]2C(CO)O[C@H](O[C@@H]3C(CO)O[C@H](Br)C(O)[C@H]3O)C(O)[C@H]2O)C(O)[C@@H](O)[C@@H]1O. The van der Waals surface area contributed by atoms with E-state index >= 15 is 0 Å². The Kier molecular flexibility index (Phi) is 10.0. The quantitative estimate of drug-likeness (QED) is 0.129. The first-order valence-electron chi connectivity index (χ1n) is 10.6. The minimum Gasteiger partial charge on any atom is -0.394 e. The Hall–Kier alpha value is -0.120. The maximum Gasteiger partial charge on any atom is 0.187 e. The van der Waals surface area contributed by atoms with Crippen LogP contribution in [0.3, 0.4) is 0 Å². The molecule has 0 aromatic rings.